The maximum absolute atomic E-state index is 11.6. The second-order valence-corrected chi connectivity index (χ2v) is 5.75. The second kappa shape index (κ2) is 6.10. The Labute approximate surface area is 110 Å². The molecule has 0 saturated carbocycles. The van der Waals surface area contributed by atoms with Gasteiger partial charge in [-0.15, -0.1) is 0 Å². The molecule has 1 atom stereocenters. The molecule has 0 aliphatic carbocycles. The lowest BCUT2D eigenvalue weighted by atomic mass is 10.2. The fourth-order valence-electron chi connectivity index (χ4n) is 1.33. The maximum atomic E-state index is 11.6. The Bertz CT molecular complexity index is 351. The molecule has 0 aromatic heterocycles. The molecule has 7 heteroatoms. The Morgan fingerprint density at radius 2 is 2.17 bits per heavy atom. The summed E-state index contributed by atoms with van der Waals surface area (Å²) in [7, 11) is 0. The molecule has 0 bridgehead atoms. The third-order valence-electron chi connectivity index (χ3n) is 2.03. The lowest BCUT2D eigenvalue weighted by Gasteiger charge is -2.25. The zero-order chi connectivity index (χ0) is 13.8. The first-order chi connectivity index (χ1) is 8.28. The Morgan fingerprint density at radius 1 is 1.50 bits per heavy atom. The minimum absolute atomic E-state index is 0.0576. The van der Waals surface area contributed by atoms with Crippen molar-refractivity contribution in [1.82, 2.24) is 9.84 Å². The van der Waals surface area contributed by atoms with Crippen LogP contribution in [-0.4, -0.2) is 33.2 Å². The number of hydrazine groups is 1. The van der Waals surface area contributed by atoms with E-state index in [0.717, 1.165) is 0 Å². The number of carboxylic acids is 1. The summed E-state index contributed by atoms with van der Waals surface area (Å²) in [6.07, 6.45) is 1.81. The largest absolute Gasteiger partial charge is 0.481 e. The van der Waals surface area contributed by atoms with Gasteiger partial charge in [0, 0.05) is 6.42 Å². The van der Waals surface area contributed by atoms with E-state index < -0.39 is 17.7 Å². The molecule has 1 aliphatic rings. The van der Waals surface area contributed by atoms with E-state index in [1.165, 1.54) is 11.9 Å². The van der Waals surface area contributed by atoms with E-state index in [-0.39, 0.29) is 12.5 Å². The molecule has 0 spiro atoms. The van der Waals surface area contributed by atoms with E-state index in [1.54, 1.807) is 25.2 Å². The molecule has 1 amide bonds. The van der Waals surface area contributed by atoms with Gasteiger partial charge in [-0.05, 0) is 44.5 Å². The predicted octanol–water partition coefficient (Wildman–Crippen LogP) is 2.14. The monoisotopic (exact) mass is 274 g/mol. The van der Waals surface area contributed by atoms with Gasteiger partial charge in [0.15, 0.2) is 0 Å². The summed E-state index contributed by atoms with van der Waals surface area (Å²) in [5, 5.41) is 10.4. The average molecular weight is 274 g/mol. The van der Waals surface area contributed by atoms with Crippen LogP contribution in [0.2, 0.25) is 0 Å². The van der Waals surface area contributed by atoms with Crippen LogP contribution in [0.4, 0.5) is 4.79 Å². The Hall–Kier alpha value is -1.21. The molecule has 1 rings (SSSR count). The third-order valence-corrected chi connectivity index (χ3v) is 2.90. The van der Waals surface area contributed by atoms with Crippen LogP contribution in [0.25, 0.3) is 0 Å². The van der Waals surface area contributed by atoms with Gasteiger partial charge in [0.2, 0.25) is 0 Å². The lowest BCUT2D eigenvalue weighted by molar-refractivity contribution is -0.137. The summed E-state index contributed by atoms with van der Waals surface area (Å²) >= 11 is 1.30. The highest BCUT2D eigenvalue weighted by Gasteiger charge is 2.25. The van der Waals surface area contributed by atoms with Crippen LogP contribution in [0.3, 0.4) is 0 Å². The van der Waals surface area contributed by atoms with Crippen molar-refractivity contribution in [3.05, 3.63) is 11.5 Å². The first kappa shape index (κ1) is 14.8. The number of rotatable bonds is 4. The van der Waals surface area contributed by atoms with E-state index in [9.17, 15) is 9.59 Å². The van der Waals surface area contributed by atoms with Gasteiger partial charge in [-0.3, -0.25) is 4.79 Å². The Kier molecular flexibility index (Phi) is 5.03. The minimum Gasteiger partial charge on any atom is -0.481 e. The van der Waals surface area contributed by atoms with Crippen LogP contribution in [0.1, 0.15) is 33.6 Å². The molecule has 0 fully saturated rings. The number of carboxylic acid groups (broad SMARTS) is 1. The van der Waals surface area contributed by atoms with Gasteiger partial charge in [-0.1, -0.05) is 6.08 Å². The molecule has 0 aromatic carbocycles. The van der Waals surface area contributed by atoms with Gasteiger partial charge >= 0.3 is 12.1 Å². The number of carbonyl (C=O) groups excluding carboxylic acids is 1. The number of nitrogens with zero attached hydrogens (tertiary/aromatic N) is 1. The van der Waals surface area contributed by atoms with Crippen molar-refractivity contribution in [1.29, 1.82) is 0 Å². The van der Waals surface area contributed by atoms with Gasteiger partial charge < -0.3 is 9.84 Å². The summed E-state index contributed by atoms with van der Waals surface area (Å²) in [5.74, 6) is -0.850. The number of carbonyl (C=O) groups is 2. The molecular formula is C11H18N2O4S. The SMILES string of the molecule is CC(C)(C)OC(=O)NN1SC=CC1CCC(=O)O. The molecule has 0 saturated heterocycles. The standard InChI is InChI=1S/C11H18N2O4S/c1-11(2,3)17-10(16)12-13-8(6-7-18-13)4-5-9(14)15/h6-8H,4-5H2,1-3H3,(H,12,16)(H,14,15). The van der Waals surface area contributed by atoms with Crippen molar-refractivity contribution in [3.8, 4) is 0 Å². The van der Waals surface area contributed by atoms with E-state index in [4.69, 9.17) is 9.84 Å². The Balaban J connectivity index is 2.41. The first-order valence-corrected chi connectivity index (χ1v) is 6.46. The summed E-state index contributed by atoms with van der Waals surface area (Å²) in [6.45, 7) is 5.34. The molecule has 6 nitrogen and oxygen atoms in total. The predicted molar refractivity (Wildman–Crippen MR) is 68.6 cm³/mol. The van der Waals surface area contributed by atoms with E-state index in [1.807, 2.05) is 11.5 Å². The fraction of sp³-hybridized carbons (Fsp3) is 0.636. The van der Waals surface area contributed by atoms with Crippen LogP contribution < -0.4 is 5.43 Å². The summed E-state index contributed by atoms with van der Waals surface area (Å²) < 4.78 is 6.72. The number of nitrogens with one attached hydrogen (secondary N) is 1. The van der Waals surface area contributed by atoms with Crippen LogP contribution in [0.5, 0.6) is 0 Å². The summed E-state index contributed by atoms with van der Waals surface area (Å²) in [5.41, 5.74) is 2.03. The summed E-state index contributed by atoms with van der Waals surface area (Å²) in [4.78, 5) is 22.1. The summed E-state index contributed by atoms with van der Waals surface area (Å²) in [6, 6.07) is -0.126. The number of ether oxygens (including phenoxy) is 1. The van der Waals surface area contributed by atoms with Gasteiger partial charge in [0.05, 0.1) is 6.04 Å². The molecule has 1 unspecified atom stereocenters. The molecule has 0 radical (unpaired) electrons. The van der Waals surface area contributed by atoms with Crippen LogP contribution >= 0.6 is 11.9 Å². The fourth-order valence-corrected chi connectivity index (χ4v) is 2.17. The van der Waals surface area contributed by atoms with E-state index in [0.29, 0.717) is 6.42 Å². The van der Waals surface area contributed by atoms with Crippen molar-refractivity contribution in [2.24, 2.45) is 0 Å². The van der Waals surface area contributed by atoms with Crippen LogP contribution in [-0.2, 0) is 9.53 Å². The van der Waals surface area contributed by atoms with E-state index >= 15 is 0 Å². The number of aliphatic carboxylic acids is 1. The average Bonchev–Trinajstić information content (AvgIpc) is 2.59. The zero-order valence-corrected chi connectivity index (χ0v) is 11.5. The normalized spacial score (nSPS) is 19.8. The van der Waals surface area contributed by atoms with Gasteiger partial charge in [0.25, 0.3) is 0 Å². The molecule has 0 aromatic rings. The first-order valence-electron chi connectivity index (χ1n) is 5.62. The van der Waals surface area contributed by atoms with Crippen LogP contribution in [0.15, 0.2) is 11.5 Å². The van der Waals surface area contributed by atoms with Crippen molar-refractivity contribution in [3.63, 3.8) is 0 Å². The quantitative estimate of drug-likeness (QED) is 0.765. The highest BCUT2D eigenvalue weighted by Crippen LogP contribution is 2.25. The van der Waals surface area contributed by atoms with Gasteiger partial charge in [0.1, 0.15) is 5.60 Å². The lowest BCUT2D eigenvalue weighted by Crippen LogP contribution is -2.44. The minimum atomic E-state index is -0.850. The van der Waals surface area contributed by atoms with Crippen molar-refractivity contribution < 1.29 is 19.4 Å². The van der Waals surface area contributed by atoms with Crippen LogP contribution in [0, 0.1) is 0 Å². The van der Waals surface area contributed by atoms with Crippen molar-refractivity contribution in [2.75, 3.05) is 0 Å². The maximum Gasteiger partial charge on any atom is 0.423 e. The topological polar surface area (TPSA) is 78.9 Å². The number of hydrogen-bond acceptors (Lipinski definition) is 5. The smallest absolute Gasteiger partial charge is 0.423 e. The van der Waals surface area contributed by atoms with Gasteiger partial charge in [-0.25, -0.2) is 10.2 Å². The molecular weight excluding hydrogens is 256 g/mol. The highest BCUT2D eigenvalue weighted by atomic mass is 32.2. The van der Waals surface area contributed by atoms with Gasteiger partial charge in [-0.2, -0.15) is 4.41 Å². The van der Waals surface area contributed by atoms with Crippen molar-refractivity contribution >= 4 is 24.0 Å². The molecule has 102 valence electrons. The van der Waals surface area contributed by atoms with E-state index in [2.05, 4.69) is 5.43 Å². The third kappa shape index (κ3) is 5.42. The molecule has 1 aliphatic heterocycles. The van der Waals surface area contributed by atoms with Crippen molar-refractivity contribution in [2.45, 2.75) is 45.3 Å². The zero-order valence-electron chi connectivity index (χ0n) is 10.7. The Morgan fingerprint density at radius 3 is 2.72 bits per heavy atom. The molecule has 2 N–H and O–H groups in total. The highest BCUT2D eigenvalue weighted by molar-refractivity contribution is 8.00. The molecule has 18 heavy (non-hydrogen) atoms. The molecule has 1 heterocycles. The number of hydrogen-bond donors (Lipinski definition) is 2. The number of amides is 1. The second-order valence-electron chi connectivity index (χ2n) is 4.87.